The Labute approximate surface area is 150 Å². The van der Waals surface area contributed by atoms with Crippen molar-refractivity contribution in [2.75, 3.05) is 40.3 Å². The summed E-state index contributed by atoms with van der Waals surface area (Å²) in [7, 11) is 3.45. The number of carbonyl (C=O) groups is 2. The fraction of sp³-hybridized carbons (Fsp3) is 0.579. The third kappa shape index (κ3) is 5.19. The van der Waals surface area contributed by atoms with Gasteiger partial charge in [-0.15, -0.1) is 0 Å². The summed E-state index contributed by atoms with van der Waals surface area (Å²) in [6.07, 6.45) is 1.61. The third-order valence-corrected chi connectivity index (χ3v) is 4.60. The van der Waals surface area contributed by atoms with Crippen molar-refractivity contribution in [3.05, 3.63) is 35.4 Å². The minimum Gasteiger partial charge on any atom is -0.395 e. The lowest BCUT2D eigenvalue weighted by Gasteiger charge is -2.36. The molecule has 6 heteroatoms. The summed E-state index contributed by atoms with van der Waals surface area (Å²) in [5, 5.41) is 9.35. The molecule has 6 nitrogen and oxygen atoms in total. The molecule has 0 saturated carbocycles. The highest BCUT2D eigenvalue weighted by Crippen LogP contribution is 2.21. The fourth-order valence-corrected chi connectivity index (χ4v) is 3.20. The molecular formula is C19H29N3O3. The standard InChI is InChI=1S/C19H29N3O3/c1-15-6-8-16(9-7-15)13-21(11-12-23)18(24)17-5-4-10-22(14-17)19(25)20(2)3/h6-9,17,23H,4-5,10-14H2,1-3H3/t17-/m1/s1. The predicted molar refractivity (Wildman–Crippen MR) is 97.1 cm³/mol. The van der Waals surface area contributed by atoms with Gasteiger partial charge in [-0.2, -0.15) is 0 Å². The first-order valence-corrected chi connectivity index (χ1v) is 8.83. The van der Waals surface area contributed by atoms with E-state index >= 15 is 0 Å². The van der Waals surface area contributed by atoms with E-state index in [1.165, 1.54) is 5.56 Å². The minimum absolute atomic E-state index is 0.0193. The van der Waals surface area contributed by atoms with Gasteiger partial charge in [0.05, 0.1) is 12.5 Å². The Hall–Kier alpha value is -2.08. The zero-order chi connectivity index (χ0) is 18.4. The van der Waals surface area contributed by atoms with Crippen LogP contribution in [0.5, 0.6) is 0 Å². The average molecular weight is 347 g/mol. The average Bonchev–Trinajstić information content (AvgIpc) is 2.62. The van der Waals surface area contributed by atoms with Crippen molar-refractivity contribution in [2.45, 2.75) is 26.3 Å². The van der Waals surface area contributed by atoms with Crippen molar-refractivity contribution in [1.29, 1.82) is 0 Å². The first-order chi connectivity index (χ1) is 11.9. The van der Waals surface area contributed by atoms with E-state index in [4.69, 9.17) is 0 Å². The van der Waals surface area contributed by atoms with E-state index < -0.39 is 0 Å². The minimum atomic E-state index is -0.199. The van der Waals surface area contributed by atoms with E-state index in [2.05, 4.69) is 0 Å². The Balaban J connectivity index is 2.05. The number of aliphatic hydroxyl groups excluding tert-OH is 1. The molecule has 0 radical (unpaired) electrons. The van der Waals surface area contributed by atoms with E-state index in [-0.39, 0.29) is 24.5 Å². The predicted octanol–water partition coefficient (Wildman–Crippen LogP) is 1.71. The maximum atomic E-state index is 13.0. The van der Waals surface area contributed by atoms with Crippen molar-refractivity contribution < 1.29 is 14.7 Å². The highest BCUT2D eigenvalue weighted by molar-refractivity contribution is 5.81. The van der Waals surface area contributed by atoms with Gasteiger partial charge in [-0.1, -0.05) is 29.8 Å². The molecule has 3 amide bonds. The Kier molecular flexibility index (Phi) is 6.82. The van der Waals surface area contributed by atoms with E-state index in [0.29, 0.717) is 26.2 Å². The summed E-state index contributed by atoms with van der Waals surface area (Å²) in [4.78, 5) is 30.1. The molecule has 1 atom stereocenters. The second kappa shape index (κ2) is 8.85. The van der Waals surface area contributed by atoms with E-state index in [1.54, 1.807) is 28.8 Å². The molecular weight excluding hydrogens is 318 g/mol. The lowest BCUT2D eigenvalue weighted by atomic mass is 9.96. The molecule has 0 bridgehead atoms. The van der Waals surface area contributed by atoms with Crippen LogP contribution in [0.25, 0.3) is 0 Å². The summed E-state index contributed by atoms with van der Waals surface area (Å²) in [6.45, 7) is 3.90. The lowest BCUT2D eigenvalue weighted by Crippen LogP contribution is -2.49. The quantitative estimate of drug-likeness (QED) is 0.882. The maximum Gasteiger partial charge on any atom is 0.319 e. The molecule has 0 aromatic heterocycles. The van der Waals surface area contributed by atoms with Gasteiger partial charge in [-0.25, -0.2) is 4.79 Å². The summed E-state index contributed by atoms with van der Waals surface area (Å²) in [6, 6.07) is 8.01. The number of nitrogens with zero attached hydrogens (tertiary/aromatic N) is 3. The Morgan fingerprint density at radius 2 is 1.92 bits per heavy atom. The second-order valence-electron chi connectivity index (χ2n) is 6.93. The van der Waals surface area contributed by atoms with Gasteiger partial charge in [0.1, 0.15) is 0 Å². The van der Waals surface area contributed by atoms with Crippen molar-refractivity contribution in [3.63, 3.8) is 0 Å². The van der Waals surface area contributed by atoms with Crippen LogP contribution in [0.15, 0.2) is 24.3 Å². The van der Waals surface area contributed by atoms with Gasteiger partial charge in [-0.05, 0) is 25.3 Å². The normalized spacial score (nSPS) is 17.3. The molecule has 25 heavy (non-hydrogen) atoms. The molecule has 1 fully saturated rings. The monoisotopic (exact) mass is 347 g/mol. The molecule has 1 heterocycles. The molecule has 0 spiro atoms. The molecule has 1 N–H and O–H groups in total. The van der Waals surface area contributed by atoms with E-state index in [0.717, 1.165) is 18.4 Å². The number of urea groups is 1. The highest BCUT2D eigenvalue weighted by atomic mass is 16.3. The van der Waals surface area contributed by atoms with Crippen LogP contribution >= 0.6 is 0 Å². The Morgan fingerprint density at radius 1 is 1.24 bits per heavy atom. The van der Waals surface area contributed by atoms with E-state index in [9.17, 15) is 14.7 Å². The van der Waals surface area contributed by atoms with Crippen LogP contribution in [0.2, 0.25) is 0 Å². The van der Waals surface area contributed by atoms with Gasteiger partial charge in [0, 0.05) is 40.3 Å². The molecule has 1 aliphatic heterocycles. The number of aryl methyl sites for hydroxylation is 1. The summed E-state index contributed by atoms with van der Waals surface area (Å²) < 4.78 is 0. The number of carbonyl (C=O) groups excluding carboxylic acids is 2. The van der Waals surface area contributed by atoms with Crippen molar-refractivity contribution >= 4 is 11.9 Å². The largest absolute Gasteiger partial charge is 0.395 e. The molecule has 0 unspecified atom stereocenters. The first-order valence-electron chi connectivity index (χ1n) is 8.83. The number of piperidine rings is 1. The SMILES string of the molecule is Cc1ccc(CN(CCO)C(=O)[C@@H]2CCCN(C(=O)N(C)C)C2)cc1. The number of amides is 3. The molecule has 2 rings (SSSR count). The van der Waals surface area contributed by atoms with Crippen LogP contribution in [0.1, 0.15) is 24.0 Å². The van der Waals surface area contributed by atoms with Crippen LogP contribution in [-0.4, -0.2) is 72.1 Å². The van der Waals surface area contributed by atoms with Gasteiger partial charge >= 0.3 is 6.03 Å². The van der Waals surface area contributed by atoms with Crippen molar-refractivity contribution in [3.8, 4) is 0 Å². The molecule has 138 valence electrons. The third-order valence-electron chi connectivity index (χ3n) is 4.60. The summed E-state index contributed by atoms with van der Waals surface area (Å²) in [5.41, 5.74) is 2.22. The molecule has 1 aromatic carbocycles. The Morgan fingerprint density at radius 3 is 2.52 bits per heavy atom. The van der Waals surface area contributed by atoms with Crippen molar-refractivity contribution in [1.82, 2.24) is 14.7 Å². The van der Waals surface area contributed by atoms with Crippen LogP contribution in [0, 0.1) is 12.8 Å². The van der Waals surface area contributed by atoms with E-state index in [1.807, 2.05) is 31.2 Å². The van der Waals surface area contributed by atoms with Crippen LogP contribution in [-0.2, 0) is 11.3 Å². The molecule has 0 aliphatic carbocycles. The number of benzene rings is 1. The molecule has 1 saturated heterocycles. The van der Waals surface area contributed by atoms with Crippen LogP contribution in [0.3, 0.4) is 0 Å². The number of hydrogen-bond donors (Lipinski definition) is 1. The van der Waals surface area contributed by atoms with Crippen molar-refractivity contribution in [2.24, 2.45) is 5.92 Å². The van der Waals surface area contributed by atoms with Gasteiger partial charge < -0.3 is 19.8 Å². The van der Waals surface area contributed by atoms with Gasteiger partial charge in [-0.3, -0.25) is 4.79 Å². The topological polar surface area (TPSA) is 64.1 Å². The van der Waals surface area contributed by atoms with Gasteiger partial charge in [0.2, 0.25) is 5.91 Å². The summed E-state index contributed by atoms with van der Waals surface area (Å²) in [5.74, 6) is -0.180. The van der Waals surface area contributed by atoms with Gasteiger partial charge in [0.15, 0.2) is 0 Å². The number of rotatable bonds is 5. The lowest BCUT2D eigenvalue weighted by molar-refractivity contribution is -0.138. The Bertz CT molecular complexity index is 586. The zero-order valence-electron chi connectivity index (χ0n) is 15.4. The first kappa shape index (κ1) is 19.2. The summed E-state index contributed by atoms with van der Waals surface area (Å²) >= 11 is 0. The maximum absolute atomic E-state index is 13.0. The van der Waals surface area contributed by atoms with Gasteiger partial charge in [0.25, 0.3) is 0 Å². The number of hydrogen-bond acceptors (Lipinski definition) is 3. The van der Waals surface area contributed by atoms with Crippen LogP contribution in [0.4, 0.5) is 4.79 Å². The number of aliphatic hydroxyl groups is 1. The fourth-order valence-electron chi connectivity index (χ4n) is 3.20. The second-order valence-corrected chi connectivity index (χ2v) is 6.93. The smallest absolute Gasteiger partial charge is 0.319 e. The molecule has 1 aromatic rings. The zero-order valence-corrected chi connectivity index (χ0v) is 15.4. The van der Waals surface area contributed by atoms with Crippen LogP contribution < -0.4 is 0 Å². The molecule has 1 aliphatic rings. The highest BCUT2D eigenvalue weighted by Gasteiger charge is 2.31. The number of likely N-dealkylation sites (tertiary alicyclic amines) is 1.